The van der Waals surface area contributed by atoms with E-state index in [4.69, 9.17) is 4.74 Å². The third-order valence-electron chi connectivity index (χ3n) is 5.21. The molecule has 2 saturated heterocycles. The van der Waals surface area contributed by atoms with Crippen LogP contribution in [0.15, 0.2) is 24.3 Å². The van der Waals surface area contributed by atoms with E-state index in [1.807, 2.05) is 4.90 Å². The van der Waals surface area contributed by atoms with E-state index >= 15 is 0 Å². The van der Waals surface area contributed by atoms with Gasteiger partial charge in [-0.05, 0) is 44.5 Å². The van der Waals surface area contributed by atoms with Crippen LogP contribution in [0.25, 0.3) is 0 Å². The minimum absolute atomic E-state index is 0. The molecule has 0 atom stereocenters. The number of aryl methyl sites for hydroxylation is 1. The van der Waals surface area contributed by atoms with Crippen LogP contribution in [0.5, 0.6) is 0 Å². The van der Waals surface area contributed by atoms with Gasteiger partial charge in [0.1, 0.15) is 5.60 Å². The number of para-hydroxylation sites is 1. The Hall–Kier alpha value is -1.01. The molecule has 3 rings (SSSR count). The SMILES string of the molecule is COC1(C(=O)N2CCN(c3ccccc3C)CC2)CCNCC1.Cl.Cl. The first-order chi connectivity index (χ1) is 11.2. The number of nitrogens with zero attached hydrogens (tertiary/aromatic N) is 2. The molecule has 1 aromatic rings. The van der Waals surface area contributed by atoms with Gasteiger partial charge in [0.05, 0.1) is 0 Å². The van der Waals surface area contributed by atoms with Gasteiger partial charge in [0, 0.05) is 39.0 Å². The molecular weight excluding hydrogens is 361 g/mol. The first-order valence-corrected chi connectivity index (χ1v) is 8.52. The minimum atomic E-state index is -0.615. The van der Waals surface area contributed by atoms with Crippen molar-refractivity contribution >= 4 is 36.4 Å². The Labute approximate surface area is 162 Å². The highest BCUT2D eigenvalue weighted by atomic mass is 35.5. The smallest absolute Gasteiger partial charge is 0.255 e. The van der Waals surface area contributed by atoms with Crippen molar-refractivity contribution in [2.45, 2.75) is 25.4 Å². The molecule has 0 unspecified atom stereocenters. The molecule has 0 spiro atoms. The highest BCUT2D eigenvalue weighted by Gasteiger charge is 2.43. The number of halogens is 2. The predicted octanol–water partition coefficient (Wildman–Crippen LogP) is 2.26. The monoisotopic (exact) mass is 389 g/mol. The number of methoxy groups -OCH3 is 1. The Balaban J connectivity index is 0.00000156. The van der Waals surface area contributed by atoms with Gasteiger partial charge in [0.15, 0.2) is 0 Å². The Morgan fingerprint density at radius 1 is 1.08 bits per heavy atom. The maximum Gasteiger partial charge on any atom is 0.255 e. The summed E-state index contributed by atoms with van der Waals surface area (Å²) >= 11 is 0. The summed E-state index contributed by atoms with van der Waals surface area (Å²) in [6, 6.07) is 8.45. The van der Waals surface area contributed by atoms with Gasteiger partial charge in [-0.1, -0.05) is 18.2 Å². The van der Waals surface area contributed by atoms with Crippen molar-refractivity contribution in [2.24, 2.45) is 0 Å². The van der Waals surface area contributed by atoms with Crippen molar-refractivity contribution in [1.82, 2.24) is 10.2 Å². The quantitative estimate of drug-likeness (QED) is 0.860. The number of piperidine rings is 1. The summed E-state index contributed by atoms with van der Waals surface area (Å²) in [5, 5.41) is 3.31. The van der Waals surface area contributed by atoms with Gasteiger partial charge in [-0.25, -0.2) is 0 Å². The first-order valence-electron chi connectivity index (χ1n) is 8.52. The molecule has 142 valence electrons. The Morgan fingerprint density at radius 2 is 1.68 bits per heavy atom. The Bertz CT molecular complexity index is 557. The van der Waals surface area contributed by atoms with E-state index in [0.717, 1.165) is 52.1 Å². The number of hydrogen-bond donors (Lipinski definition) is 1. The van der Waals surface area contributed by atoms with Gasteiger partial charge in [-0.2, -0.15) is 0 Å². The number of carbonyl (C=O) groups excluding carboxylic acids is 1. The lowest BCUT2D eigenvalue weighted by molar-refractivity contribution is -0.158. The standard InChI is InChI=1S/C18H27N3O2.2ClH/c1-15-5-3-4-6-16(15)20-11-13-21(14-12-20)17(22)18(23-2)7-9-19-10-8-18;;/h3-6,19H,7-14H2,1-2H3;2*1H. The van der Waals surface area contributed by atoms with Crippen LogP contribution in [-0.4, -0.2) is 62.8 Å². The number of ether oxygens (including phenoxy) is 1. The Morgan fingerprint density at radius 3 is 2.24 bits per heavy atom. The van der Waals surface area contributed by atoms with Crippen LogP contribution in [0.2, 0.25) is 0 Å². The van der Waals surface area contributed by atoms with Gasteiger partial charge in [0.2, 0.25) is 0 Å². The zero-order chi connectivity index (χ0) is 16.3. The van der Waals surface area contributed by atoms with Gasteiger partial charge >= 0.3 is 0 Å². The van der Waals surface area contributed by atoms with E-state index in [0.29, 0.717) is 0 Å². The molecule has 1 aromatic carbocycles. The average molecular weight is 390 g/mol. The summed E-state index contributed by atoms with van der Waals surface area (Å²) in [5.74, 6) is 0.172. The number of piperazine rings is 1. The van der Waals surface area contributed by atoms with Crippen molar-refractivity contribution in [3.63, 3.8) is 0 Å². The van der Waals surface area contributed by atoms with Gasteiger partial charge < -0.3 is 19.9 Å². The van der Waals surface area contributed by atoms with Crippen molar-refractivity contribution in [2.75, 3.05) is 51.3 Å². The van der Waals surface area contributed by atoms with Gasteiger partial charge in [-0.15, -0.1) is 24.8 Å². The van der Waals surface area contributed by atoms with E-state index < -0.39 is 5.60 Å². The molecule has 5 nitrogen and oxygen atoms in total. The van der Waals surface area contributed by atoms with Crippen molar-refractivity contribution in [3.8, 4) is 0 Å². The van der Waals surface area contributed by atoms with Crippen molar-refractivity contribution < 1.29 is 9.53 Å². The van der Waals surface area contributed by atoms with Crippen LogP contribution >= 0.6 is 24.8 Å². The molecule has 0 radical (unpaired) electrons. The number of hydrogen-bond acceptors (Lipinski definition) is 4. The minimum Gasteiger partial charge on any atom is -0.368 e. The fourth-order valence-corrected chi connectivity index (χ4v) is 3.69. The highest BCUT2D eigenvalue weighted by molar-refractivity contribution is 5.86. The number of nitrogens with one attached hydrogen (secondary N) is 1. The van der Waals surface area contributed by atoms with E-state index in [2.05, 4.69) is 41.4 Å². The highest BCUT2D eigenvalue weighted by Crippen LogP contribution is 2.27. The van der Waals surface area contributed by atoms with Crippen LogP contribution in [0.4, 0.5) is 5.69 Å². The molecular formula is C18H29Cl2N3O2. The molecule has 1 amide bonds. The predicted molar refractivity (Wildman–Crippen MR) is 106 cm³/mol. The van der Waals surface area contributed by atoms with E-state index in [1.54, 1.807) is 7.11 Å². The maximum absolute atomic E-state index is 13.0. The molecule has 0 aromatic heterocycles. The first kappa shape index (κ1) is 22.0. The maximum atomic E-state index is 13.0. The summed E-state index contributed by atoms with van der Waals surface area (Å²) < 4.78 is 5.68. The third-order valence-corrected chi connectivity index (χ3v) is 5.21. The van der Waals surface area contributed by atoms with Crippen LogP contribution in [0.1, 0.15) is 18.4 Å². The molecule has 7 heteroatoms. The third kappa shape index (κ3) is 4.59. The van der Waals surface area contributed by atoms with Crippen LogP contribution < -0.4 is 10.2 Å². The summed E-state index contributed by atoms with van der Waals surface area (Å²) in [6.45, 7) is 7.15. The molecule has 0 saturated carbocycles. The second-order valence-corrected chi connectivity index (χ2v) is 6.51. The number of amides is 1. The van der Waals surface area contributed by atoms with Crippen LogP contribution in [-0.2, 0) is 9.53 Å². The van der Waals surface area contributed by atoms with E-state index in [-0.39, 0.29) is 30.7 Å². The average Bonchev–Trinajstić information content (AvgIpc) is 2.62. The lowest BCUT2D eigenvalue weighted by atomic mass is 9.90. The lowest BCUT2D eigenvalue weighted by Gasteiger charge is -2.42. The van der Waals surface area contributed by atoms with Crippen LogP contribution in [0.3, 0.4) is 0 Å². The lowest BCUT2D eigenvalue weighted by Crippen LogP contribution is -2.59. The topological polar surface area (TPSA) is 44.8 Å². The summed E-state index contributed by atoms with van der Waals surface area (Å²) in [6.07, 6.45) is 1.53. The van der Waals surface area contributed by atoms with Gasteiger partial charge in [0.25, 0.3) is 5.91 Å². The van der Waals surface area contributed by atoms with E-state index in [9.17, 15) is 4.79 Å². The number of anilines is 1. The molecule has 25 heavy (non-hydrogen) atoms. The summed E-state index contributed by atoms with van der Waals surface area (Å²) in [4.78, 5) is 17.3. The van der Waals surface area contributed by atoms with Crippen molar-refractivity contribution in [3.05, 3.63) is 29.8 Å². The largest absolute Gasteiger partial charge is 0.368 e. The zero-order valence-corrected chi connectivity index (χ0v) is 16.6. The number of rotatable bonds is 3. The number of carbonyl (C=O) groups is 1. The van der Waals surface area contributed by atoms with Crippen molar-refractivity contribution in [1.29, 1.82) is 0 Å². The van der Waals surface area contributed by atoms with Gasteiger partial charge in [-0.3, -0.25) is 4.79 Å². The molecule has 0 aliphatic carbocycles. The molecule has 2 heterocycles. The second-order valence-electron chi connectivity index (χ2n) is 6.51. The second kappa shape index (κ2) is 9.62. The number of benzene rings is 1. The fourth-order valence-electron chi connectivity index (χ4n) is 3.69. The zero-order valence-electron chi connectivity index (χ0n) is 15.0. The molecule has 2 aliphatic rings. The molecule has 2 fully saturated rings. The normalized spacial score (nSPS) is 19.6. The molecule has 0 bridgehead atoms. The summed E-state index contributed by atoms with van der Waals surface area (Å²) in [5.41, 5.74) is 1.96. The fraction of sp³-hybridized carbons (Fsp3) is 0.611. The Kier molecular flexibility index (Phi) is 8.48. The van der Waals surface area contributed by atoms with Crippen LogP contribution in [0, 0.1) is 6.92 Å². The molecule has 1 N–H and O–H groups in total. The summed E-state index contributed by atoms with van der Waals surface area (Å²) in [7, 11) is 1.67. The molecule has 2 aliphatic heterocycles. The van der Waals surface area contributed by atoms with E-state index in [1.165, 1.54) is 11.3 Å².